The average Bonchev–Trinajstić information content (AvgIpc) is 3.35. The maximum atomic E-state index is 5.94. The van der Waals surface area contributed by atoms with Crippen molar-refractivity contribution in [2.24, 2.45) is 0 Å². The van der Waals surface area contributed by atoms with Gasteiger partial charge >= 0.3 is 0 Å². The average molecular weight is 302 g/mol. The lowest BCUT2D eigenvalue weighted by Gasteiger charge is -2.10. The second kappa shape index (κ2) is 4.69. The highest BCUT2D eigenvalue weighted by Gasteiger charge is 2.36. The van der Waals surface area contributed by atoms with E-state index in [9.17, 15) is 0 Å². The Labute approximate surface area is 127 Å². The minimum atomic E-state index is 0.546. The van der Waals surface area contributed by atoms with Crippen molar-refractivity contribution in [1.29, 1.82) is 0 Å². The van der Waals surface area contributed by atoms with Gasteiger partial charge in [-0.2, -0.15) is 0 Å². The van der Waals surface area contributed by atoms with E-state index in [4.69, 9.17) is 5.73 Å². The van der Waals surface area contributed by atoms with Gasteiger partial charge in [0.15, 0.2) is 5.16 Å². The quantitative estimate of drug-likeness (QED) is 0.874. The second-order valence-corrected chi connectivity index (χ2v) is 6.86. The smallest absolute Gasteiger partial charge is 0.197 e. The molecule has 2 saturated carbocycles. The van der Waals surface area contributed by atoms with Gasteiger partial charge in [-0.15, -0.1) is 10.2 Å². The van der Waals surface area contributed by atoms with Crippen LogP contribution in [0.3, 0.4) is 0 Å². The Bertz CT molecular complexity index is 702. The lowest BCUT2D eigenvalue weighted by Crippen LogP contribution is -2.04. The highest BCUT2D eigenvalue weighted by atomic mass is 32.2. The summed E-state index contributed by atoms with van der Waals surface area (Å²) < 4.78 is 2.33. The van der Waals surface area contributed by atoms with E-state index in [1.807, 2.05) is 13.8 Å². The highest BCUT2D eigenvalue weighted by Crippen LogP contribution is 2.46. The molecule has 2 aliphatic carbocycles. The van der Waals surface area contributed by atoms with E-state index in [2.05, 4.69) is 24.7 Å². The van der Waals surface area contributed by atoms with E-state index in [1.165, 1.54) is 25.7 Å². The Hall–Kier alpha value is -1.63. The molecule has 2 aromatic heterocycles. The van der Waals surface area contributed by atoms with Gasteiger partial charge in [-0.3, -0.25) is 0 Å². The highest BCUT2D eigenvalue weighted by molar-refractivity contribution is 7.99. The summed E-state index contributed by atoms with van der Waals surface area (Å²) in [5, 5.41) is 10.7. The molecule has 0 unspecified atom stereocenters. The van der Waals surface area contributed by atoms with Crippen molar-refractivity contribution >= 4 is 17.6 Å². The normalized spacial score (nSPS) is 18.2. The Kier molecular flexibility index (Phi) is 2.92. The molecule has 2 aliphatic rings. The molecule has 21 heavy (non-hydrogen) atoms. The minimum Gasteiger partial charge on any atom is -0.383 e. The van der Waals surface area contributed by atoms with Crippen molar-refractivity contribution in [2.75, 3.05) is 5.73 Å². The van der Waals surface area contributed by atoms with Crippen LogP contribution in [0.15, 0.2) is 10.2 Å². The van der Waals surface area contributed by atoms with Crippen LogP contribution in [0.25, 0.3) is 0 Å². The number of aromatic nitrogens is 5. The van der Waals surface area contributed by atoms with Crippen molar-refractivity contribution < 1.29 is 0 Å². The topological polar surface area (TPSA) is 82.5 Å². The van der Waals surface area contributed by atoms with Crippen LogP contribution in [0, 0.1) is 13.8 Å². The fraction of sp³-hybridized carbons (Fsp3) is 0.571. The van der Waals surface area contributed by atoms with Crippen molar-refractivity contribution in [2.45, 2.75) is 61.7 Å². The molecule has 110 valence electrons. The van der Waals surface area contributed by atoms with E-state index in [0.717, 1.165) is 21.6 Å². The van der Waals surface area contributed by atoms with E-state index in [0.29, 0.717) is 23.6 Å². The SMILES string of the molecule is Cc1nc(N)c(C)c(Sc2nnc(C3CC3)n2C2CC2)n1. The van der Waals surface area contributed by atoms with E-state index in [1.54, 1.807) is 11.8 Å². The Morgan fingerprint density at radius 3 is 2.52 bits per heavy atom. The summed E-state index contributed by atoms with van der Waals surface area (Å²) in [6.45, 7) is 3.82. The van der Waals surface area contributed by atoms with Crippen molar-refractivity contribution in [1.82, 2.24) is 24.7 Å². The molecule has 6 nitrogen and oxygen atoms in total. The molecule has 0 amide bonds. The summed E-state index contributed by atoms with van der Waals surface area (Å²) in [4.78, 5) is 8.71. The van der Waals surface area contributed by atoms with Crippen molar-refractivity contribution in [3.63, 3.8) is 0 Å². The molecule has 2 aromatic rings. The number of anilines is 1. The number of rotatable bonds is 4. The fourth-order valence-corrected chi connectivity index (χ4v) is 3.49. The summed E-state index contributed by atoms with van der Waals surface area (Å²) in [5.41, 5.74) is 6.86. The first-order valence-corrected chi connectivity index (χ1v) is 8.18. The number of nitrogens with two attached hydrogens (primary N) is 1. The van der Waals surface area contributed by atoms with Gasteiger partial charge < -0.3 is 10.3 Å². The zero-order valence-corrected chi connectivity index (χ0v) is 13.0. The van der Waals surface area contributed by atoms with E-state index in [-0.39, 0.29) is 0 Å². The van der Waals surface area contributed by atoms with Gasteiger partial charge in [0.05, 0.1) is 0 Å². The summed E-state index contributed by atoms with van der Waals surface area (Å²) in [7, 11) is 0. The zero-order valence-electron chi connectivity index (χ0n) is 12.2. The Morgan fingerprint density at radius 2 is 1.86 bits per heavy atom. The lowest BCUT2D eigenvalue weighted by molar-refractivity contribution is 0.626. The molecule has 7 heteroatoms. The van der Waals surface area contributed by atoms with Gasteiger partial charge in [0.2, 0.25) is 0 Å². The molecule has 4 rings (SSSR count). The minimum absolute atomic E-state index is 0.546. The van der Waals surface area contributed by atoms with Crippen LogP contribution in [0.5, 0.6) is 0 Å². The molecular formula is C14H18N6S. The van der Waals surface area contributed by atoms with Gasteiger partial charge in [0, 0.05) is 17.5 Å². The molecule has 0 atom stereocenters. The van der Waals surface area contributed by atoms with Crippen molar-refractivity contribution in [3.8, 4) is 0 Å². The predicted molar refractivity (Wildman–Crippen MR) is 80.3 cm³/mol. The molecule has 0 bridgehead atoms. The fourth-order valence-electron chi connectivity index (χ4n) is 2.46. The monoisotopic (exact) mass is 302 g/mol. The standard InChI is InChI=1S/C14H18N6S/c1-7-11(15)16-8(2)17-13(7)21-14-19-18-12(9-3-4-9)20(14)10-5-6-10/h9-10H,3-6H2,1-2H3,(H2,15,16,17). The number of hydrogen-bond acceptors (Lipinski definition) is 6. The Balaban J connectivity index is 1.71. The largest absolute Gasteiger partial charge is 0.383 e. The first-order valence-electron chi connectivity index (χ1n) is 7.37. The van der Waals surface area contributed by atoms with Gasteiger partial charge in [-0.05, 0) is 51.3 Å². The summed E-state index contributed by atoms with van der Waals surface area (Å²) in [6.07, 6.45) is 4.95. The van der Waals surface area contributed by atoms with E-state index >= 15 is 0 Å². The maximum Gasteiger partial charge on any atom is 0.197 e. The van der Waals surface area contributed by atoms with E-state index < -0.39 is 0 Å². The summed E-state index contributed by atoms with van der Waals surface area (Å²) in [5.74, 6) is 3.02. The van der Waals surface area contributed by atoms with Crippen LogP contribution in [-0.2, 0) is 0 Å². The Morgan fingerprint density at radius 1 is 1.10 bits per heavy atom. The third-order valence-corrected chi connectivity index (χ3v) is 5.04. The molecule has 0 aliphatic heterocycles. The molecule has 0 aromatic carbocycles. The van der Waals surface area contributed by atoms with Gasteiger partial charge in [0.1, 0.15) is 22.5 Å². The van der Waals surface area contributed by atoms with Gasteiger partial charge in [-0.25, -0.2) is 9.97 Å². The van der Waals surface area contributed by atoms with Crippen LogP contribution in [0.1, 0.15) is 54.9 Å². The third-order valence-electron chi connectivity index (χ3n) is 3.98. The number of nitrogens with zero attached hydrogens (tertiary/aromatic N) is 5. The van der Waals surface area contributed by atoms with Gasteiger partial charge in [0.25, 0.3) is 0 Å². The number of aryl methyl sites for hydroxylation is 1. The summed E-state index contributed by atoms with van der Waals surface area (Å²) in [6, 6.07) is 0.582. The van der Waals surface area contributed by atoms with Crippen LogP contribution in [0.2, 0.25) is 0 Å². The number of hydrogen-bond donors (Lipinski definition) is 1. The first-order chi connectivity index (χ1) is 10.1. The van der Waals surface area contributed by atoms with Crippen LogP contribution >= 0.6 is 11.8 Å². The molecule has 2 heterocycles. The number of nitrogen functional groups attached to an aromatic ring is 1. The predicted octanol–water partition coefficient (Wildman–Crippen LogP) is 2.63. The van der Waals surface area contributed by atoms with Crippen LogP contribution < -0.4 is 5.73 Å². The molecule has 2 N–H and O–H groups in total. The zero-order chi connectivity index (χ0) is 14.6. The first kappa shape index (κ1) is 13.1. The van der Waals surface area contributed by atoms with Gasteiger partial charge in [-0.1, -0.05) is 0 Å². The second-order valence-electron chi connectivity index (χ2n) is 5.90. The van der Waals surface area contributed by atoms with Crippen LogP contribution in [-0.4, -0.2) is 24.7 Å². The third kappa shape index (κ3) is 2.39. The molecule has 2 fully saturated rings. The molecule has 0 saturated heterocycles. The lowest BCUT2D eigenvalue weighted by atomic mass is 10.3. The molecule has 0 radical (unpaired) electrons. The van der Waals surface area contributed by atoms with Crippen LogP contribution in [0.4, 0.5) is 5.82 Å². The summed E-state index contributed by atoms with van der Waals surface area (Å²) >= 11 is 1.56. The maximum absolute atomic E-state index is 5.94. The molecule has 0 spiro atoms. The molecular weight excluding hydrogens is 284 g/mol. The van der Waals surface area contributed by atoms with Crippen molar-refractivity contribution in [3.05, 3.63) is 17.2 Å².